The van der Waals surface area contributed by atoms with E-state index in [9.17, 15) is 9.60 Å². The Labute approximate surface area is 178 Å². The first-order valence-electron chi connectivity index (χ1n) is 9.67. The predicted molar refractivity (Wildman–Crippen MR) is 115 cm³/mol. The van der Waals surface area contributed by atoms with Gasteiger partial charge in [-0.3, -0.25) is 15.5 Å². The number of nitrogens with zero attached hydrogens (tertiary/aromatic N) is 5. The Bertz CT molecular complexity index is 1090. The molecule has 3 aromatic rings. The number of aromatic nitrogens is 3. The van der Waals surface area contributed by atoms with Crippen molar-refractivity contribution in [2.24, 2.45) is 0 Å². The van der Waals surface area contributed by atoms with Gasteiger partial charge >= 0.3 is 0 Å². The van der Waals surface area contributed by atoms with Gasteiger partial charge in [0.2, 0.25) is 5.95 Å². The standard InChI is InChI=1S/C20H23ClFN7O/c1-27-10-4-3-5-16(27)28(2)20-25-17-13(8-9-24-19(17)26-20)18(23)29(30)12-6-7-15(22)14(21)11-12/h6-9,11,16,23,30H,3-5,10H2,1-2H3,(H,24,25,26). The number of piperidine rings is 1. The molecular formula is C20H23ClFN7O. The van der Waals surface area contributed by atoms with Crippen molar-refractivity contribution >= 4 is 40.2 Å². The number of benzene rings is 1. The highest BCUT2D eigenvalue weighted by Crippen LogP contribution is 2.27. The largest absolute Gasteiger partial charge is 0.330 e. The van der Waals surface area contributed by atoms with Gasteiger partial charge in [-0.1, -0.05) is 11.6 Å². The zero-order valence-electron chi connectivity index (χ0n) is 16.7. The summed E-state index contributed by atoms with van der Waals surface area (Å²) in [5.41, 5.74) is 1.57. The van der Waals surface area contributed by atoms with Gasteiger partial charge in [0.25, 0.3) is 0 Å². The Morgan fingerprint density at radius 1 is 1.37 bits per heavy atom. The highest BCUT2D eigenvalue weighted by molar-refractivity contribution is 6.31. The molecule has 0 saturated carbocycles. The summed E-state index contributed by atoms with van der Waals surface area (Å²) in [6.45, 7) is 1.03. The van der Waals surface area contributed by atoms with Crippen molar-refractivity contribution < 1.29 is 9.60 Å². The van der Waals surface area contributed by atoms with Crippen LogP contribution in [0.3, 0.4) is 0 Å². The van der Waals surface area contributed by atoms with Crippen LogP contribution < -0.4 is 9.96 Å². The number of hydrogen-bond acceptors (Lipinski definition) is 6. The van der Waals surface area contributed by atoms with E-state index in [1.165, 1.54) is 24.8 Å². The van der Waals surface area contributed by atoms with Crippen LogP contribution in [0.25, 0.3) is 11.2 Å². The Morgan fingerprint density at radius 2 is 2.17 bits per heavy atom. The Balaban J connectivity index is 1.66. The van der Waals surface area contributed by atoms with E-state index < -0.39 is 5.82 Å². The molecule has 3 N–H and O–H groups in total. The molecule has 4 rings (SSSR count). The van der Waals surface area contributed by atoms with Crippen molar-refractivity contribution in [3.05, 3.63) is 46.9 Å². The predicted octanol–water partition coefficient (Wildman–Crippen LogP) is 3.85. The average molecular weight is 432 g/mol. The van der Waals surface area contributed by atoms with Gasteiger partial charge in [-0.05, 0) is 57.1 Å². The second-order valence-electron chi connectivity index (χ2n) is 7.44. The quantitative estimate of drug-likeness (QED) is 0.330. The summed E-state index contributed by atoms with van der Waals surface area (Å²) in [4.78, 5) is 16.5. The number of rotatable bonds is 4. The summed E-state index contributed by atoms with van der Waals surface area (Å²) in [5, 5.41) is 19.5. The normalized spacial score (nSPS) is 17.3. The highest BCUT2D eigenvalue weighted by atomic mass is 35.5. The number of H-pyrrole nitrogens is 1. The molecule has 0 amide bonds. The van der Waals surface area contributed by atoms with E-state index in [0.29, 0.717) is 27.7 Å². The lowest BCUT2D eigenvalue weighted by Gasteiger charge is -2.38. The van der Waals surface area contributed by atoms with E-state index in [1.807, 2.05) is 7.05 Å². The van der Waals surface area contributed by atoms with Crippen LogP contribution in [0.15, 0.2) is 30.5 Å². The van der Waals surface area contributed by atoms with E-state index in [4.69, 9.17) is 17.0 Å². The number of anilines is 2. The number of hydroxylamine groups is 1. The van der Waals surface area contributed by atoms with Gasteiger partial charge < -0.3 is 9.88 Å². The molecule has 1 unspecified atom stereocenters. The lowest BCUT2D eigenvalue weighted by molar-refractivity contribution is 0.183. The summed E-state index contributed by atoms with van der Waals surface area (Å²) in [7, 11) is 4.08. The third-order valence-electron chi connectivity index (χ3n) is 5.51. The van der Waals surface area contributed by atoms with E-state index >= 15 is 0 Å². The first-order chi connectivity index (χ1) is 14.4. The van der Waals surface area contributed by atoms with Crippen LogP contribution in [0.5, 0.6) is 0 Å². The second-order valence-corrected chi connectivity index (χ2v) is 7.85. The number of fused-ring (bicyclic) bond motifs is 1. The fourth-order valence-corrected chi connectivity index (χ4v) is 3.99. The lowest BCUT2D eigenvalue weighted by Crippen LogP contribution is -2.47. The van der Waals surface area contributed by atoms with Crippen molar-refractivity contribution in [3.63, 3.8) is 0 Å². The van der Waals surface area contributed by atoms with Crippen LogP contribution in [0.1, 0.15) is 24.8 Å². The minimum atomic E-state index is -0.597. The number of likely N-dealkylation sites (tertiary alicyclic amines) is 1. The van der Waals surface area contributed by atoms with E-state index in [1.54, 1.807) is 6.07 Å². The summed E-state index contributed by atoms with van der Waals surface area (Å²) in [6, 6.07) is 5.36. The molecule has 3 heterocycles. The van der Waals surface area contributed by atoms with Crippen LogP contribution >= 0.6 is 11.6 Å². The average Bonchev–Trinajstić information content (AvgIpc) is 3.19. The number of hydrogen-bond donors (Lipinski definition) is 3. The molecular weight excluding hydrogens is 409 g/mol. The Morgan fingerprint density at radius 3 is 2.90 bits per heavy atom. The van der Waals surface area contributed by atoms with Gasteiger partial charge in [-0.2, -0.15) is 4.98 Å². The van der Waals surface area contributed by atoms with Crippen LogP contribution in [0, 0.1) is 11.2 Å². The maximum absolute atomic E-state index is 13.4. The maximum Gasteiger partial charge on any atom is 0.206 e. The van der Waals surface area contributed by atoms with E-state index in [-0.39, 0.29) is 22.7 Å². The van der Waals surface area contributed by atoms with Crippen molar-refractivity contribution in [1.82, 2.24) is 19.9 Å². The molecule has 1 aliphatic heterocycles. The van der Waals surface area contributed by atoms with Gasteiger partial charge in [0.1, 0.15) is 5.82 Å². The zero-order valence-corrected chi connectivity index (χ0v) is 17.5. The number of halogens is 2. The van der Waals surface area contributed by atoms with Crippen LogP contribution in [0.4, 0.5) is 16.0 Å². The van der Waals surface area contributed by atoms with Gasteiger partial charge in [-0.25, -0.2) is 14.4 Å². The molecule has 1 saturated heterocycles. The molecule has 0 spiro atoms. The maximum atomic E-state index is 13.4. The molecule has 1 fully saturated rings. The molecule has 0 radical (unpaired) electrons. The summed E-state index contributed by atoms with van der Waals surface area (Å²) in [6.07, 6.45) is 5.14. The molecule has 1 atom stereocenters. The molecule has 0 bridgehead atoms. The Hall–Kier alpha value is -2.75. The number of nitrogens with one attached hydrogen (secondary N) is 2. The molecule has 1 aliphatic rings. The zero-order chi connectivity index (χ0) is 21.4. The van der Waals surface area contributed by atoms with Crippen molar-refractivity contribution in [1.29, 1.82) is 5.41 Å². The molecule has 10 heteroatoms. The van der Waals surface area contributed by atoms with Crippen LogP contribution in [-0.2, 0) is 0 Å². The summed E-state index contributed by atoms with van der Waals surface area (Å²) < 4.78 is 13.4. The first-order valence-corrected chi connectivity index (χ1v) is 10.1. The van der Waals surface area contributed by atoms with Crippen molar-refractivity contribution in [2.75, 3.05) is 30.6 Å². The van der Waals surface area contributed by atoms with Crippen molar-refractivity contribution in [2.45, 2.75) is 25.4 Å². The molecule has 30 heavy (non-hydrogen) atoms. The van der Waals surface area contributed by atoms with E-state index in [2.05, 4.69) is 31.8 Å². The topological polar surface area (TPSA) is 95.4 Å². The fraction of sp³-hybridized carbons (Fsp3) is 0.350. The number of amidine groups is 1. The third kappa shape index (κ3) is 3.71. The molecule has 158 valence electrons. The molecule has 0 aliphatic carbocycles. The fourth-order valence-electron chi connectivity index (χ4n) is 3.81. The second kappa shape index (κ2) is 8.17. The van der Waals surface area contributed by atoms with Crippen molar-refractivity contribution in [3.8, 4) is 0 Å². The van der Waals surface area contributed by atoms with Crippen LogP contribution in [-0.4, -0.2) is 57.7 Å². The lowest BCUT2D eigenvalue weighted by atomic mass is 10.1. The molecule has 2 aromatic heterocycles. The first kappa shape index (κ1) is 20.5. The minimum absolute atomic E-state index is 0.138. The van der Waals surface area contributed by atoms with Gasteiger partial charge in [0, 0.05) is 18.8 Å². The monoisotopic (exact) mass is 431 g/mol. The Kier molecular flexibility index (Phi) is 5.59. The number of pyridine rings is 1. The van der Waals surface area contributed by atoms with Gasteiger partial charge in [0.05, 0.1) is 22.4 Å². The third-order valence-corrected chi connectivity index (χ3v) is 5.80. The summed E-state index contributed by atoms with van der Waals surface area (Å²) >= 11 is 5.81. The SMILES string of the molecule is CN1CCCCC1N(C)c1nc2nccc(C(=N)N(O)c3ccc(F)c(Cl)c3)c2[nH]1. The van der Waals surface area contributed by atoms with Gasteiger partial charge in [0.15, 0.2) is 11.5 Å². The molecule has 1 aromatic carbocycles. The summed E-state index contributed by atoms with van der Waals surface area (Å²) in [5.74, 6) is -0.163. The number of imidazole rings is 1. The van der Waals surface area contributed by atoms with Gasteiger partial charge in [-0.15, -0.1) is 0 Å². The van der Waals surface area contributed by atoms with Crippen LogP contribution in [0.2, 0.25) is 5.02 Å². The minimum Gasteiger partial charge on any atom is -0.330 e. The number of aromatic amines is 1. The highest BCUT2D eigenvalue weighted by Gasteiger charge is 2.26. The molecule has 8 nitrogen and oxygen atoms in total. The smallest absolute Gasteiger partial charge is 0.206 e. The van der Waals surface area contributed by atoms with E-state index in [0.717, 1.165) is 25.5 Å².